The second-order valence-corrected chi connectivity index (χ2v) is 11.7. The summed E-state index contributed by atoms with van der Waals surface area (Å²) in [5, 5.41) is 0.889. The Bertz CT molecular complexity index is 1040. The van der Waals surface area contributed by atoms with Gasteiger partial charge in [-0.1, -0.05) is 25.7 Å². The molecule has 0 bridgehead atoms. The molecule has 1 aromatic carbocycles. The van der Waals surface area contributed by atoms with Gasteiger partial charge in [0, 0.05) is 50.2 Å². The topological polar surface area (TPSA) is 56.8 Å². The van der Waals surface area contributed by atoms with E-state index in [1.807, 2.05) is 19.1 Å². The normalized spacial score (nSPS) is 24.8. The van der Waals surface area contributed by atoms with Gasteiger partial charge in [0.1, 0.15) is 5.82 Å². The molecule has 6 nitrogen and oxygen atoms in total. The summed E-state index contributed by atoms with van der Waals surface area (Å²) in [6.45, 7) is 6.86. The van der Waals surface area contributed by atoms with Crippen LogP contribution in [0, 0.1) is 0 Å². The summed E-state index contributed by atoms with van der Waals surface area (Å²) in [4.78, 5) is 10.3. The Kier molecular flexibility index (Phi) is 6.41. The monoisotopic (exact) mass is 456 g/mol. The average molecular weight is 457 g/mol. The van der Waals surface area contributed by atoms with Crippen LogP contribution in [0.3, 0.4) is 0 Å². The number of sulfonamides is 1. The van der Waals surface area contributed by atoms with Crippen LogP contribution in [0.1, 0.15) is 58.3 Å². The molecule has 2 aromatic rings. The number of hydrogen-bond donors (Lipinski definition) is 0. The molecule has 0 N–H and O–H groups in total. The van der Waals surface area contributed by atoms with Gasteiger partial charge >= 0.3 is 0 Å². The Balaban J connectivity index is 1.30. The number of hydrogen-bond acceptors (Lipinski definition) is 5. The average Bonchev–Trinajstić information content (AvgIpc) is 2.84. The van der Waals surface area contributed by atoms with Gasteiger partial charge in [0.15, 0.2) is 0 Å². The van der Waals surface area contributed by atoms with Gasteiger partial charge in [-0.15, -0.1) is 0 Å². The zero-order valence-electron chi connectivity index (χ0n) is 19.2. The number of piperazine rings is 1. The Morgan fingerprint density at radius 3 is 2.34 bits per heavy atom. The van der Waals surface area contributed by atoms with Crippen molar-refractivity contribution in [1.29, 1.82) is 0 Å². The highest BCUT2D eigenvalue weighted by Crippen LogP contribution is 2.29. The second-order valence-electron chi connectivity index (χ2n) is 9.80. The minimum absolute atomic E-state index is 0.0669. The first-order valence-corrected chi connectivity index (χ1v) is 13.9. The number of pyridine rings is 1. The van der Waals surface area contributed by atoms with Gasteiger partial charge in [0.25, 0.3) is 0 Å². The number of piperidine rings is 1. The van der Waals surface area contributed by atoms with Crippen molar-refractivity contribution in [2.45, 2.75) is 75.3 Å². The lowest BCUT2D eigenvalue weighted by Crippen LogP contribution is -2.51. The van der Waals surface area contributed by atoms with Crippen LogP contribution in [0.25, 0.3) is 10.9 Å². The molecule has 0 spiro atoms. The van der Waals surface area contributed by atoms with E-state index in [1.54, 1.807) is 16.4 Å². The first-order valence-electron chi connectivity index (χ1n) is 12.4. The van der Waals surface area contributed by atoms with Gasteiger partial charge in [0.05, 0.1) is 10.4 Å². The van der Waals surface area contributed by atoms with Gasteiger partial charge < -0.3 is 4.90 Å². The van der Waals surface area contributed by atoms with Crippen LogP contribution in [-0.4, -0.2) is 67.4 Å². The molecule has 3 fully saturated rings. The number of nitrogens with zero attached hydrogens (tertiary/aromatic N) is 4. The van der Waals surface area contributed by atoms with Crippen LogP contribution < -0.4 is 4.90 Å². The predicted octanol–water partition coefficient (Wildman–Crippen LogP) is 4.25. The maximum Gasteiger partial charge on any atom is 0.243 e. The molecule has 2 aliphatic heterocycles. The van der Waals surface area contributed by atoms with Crippen molar-refractivity contribution in [3.63, 3.8) is 0 Å². The summed E-state index contributed by atoms with van der Waals surface area (Å²) in [6.07, 6.45) is 9.86. The number of fused-ring (bicyclic) bond motifs is 1. The molecule has 2 saturated heterocycles. The zero-order chi connectivity index (χ0) is 22.1. The molecule has 1 aromatic heterocycles. The Hall–Kier alpha value is -1.70. The minimum Gasteiger partial charge on any atom is -0.354 e. The third-order valence-electron chi connectivity index (χ3n) is 7.72. The molecule has 3 heterocycles. The lowest BCUT2D eigenvalue weighted by Gasteiger charge is -2.41. The summed E-state index contributed by atoms with van der Waals surface area (Å²) in [5.74, 6) is 1.00. The zero-order valence-corrected chi connectivity index (χ0v) is 20.1. The minimum atomic E-state index is -3.46. The number of aromatic nitrogens is 1. The van der Waals surface area contributed by atoms with Crippen molar-refractivity contribution < 1.29 is 8.42 Å². The largest absolute Gasteiger partial charge is 0.354 e. The summed E-state index contributed by atoms with van der Waals surface area (Å²) >= 11 is 0. The highest BCUT2D eigenvalue weighted by Gasteiger charge is 2.31. The first kappa shape index (κ1) is 22.1. The maximum absolute atomic E-state index is 13.2. The fraction of sp³-hybridized carbons (Fsp3) is 0.640. The molecule has 1 unspecified atom stereocenters. The molecule has 1 aliphatic carbocycles. The number of benzene rings is 1. The molecule has 5 rings (SSSR count). The number of rotatable bonds is 4. The Labute approximate surface area is 192 Å². The van der Waals surface area contributed by atoms with Crippen LogP contribution in [0.5, 0.6) is 0 Å². The third kappa shape index (κ3) is 4.39. The molecule has 0 radical (unpaired) electrons. The molecular weight excluding hydrogens is 420 g/mol. The lowest BCUT2D eigenvalue weighted by atomic mass is 9.94. The van der Waals surface area contributed by atoms with E-state index in [0.717, 1.165) is 68.2 Å². The van der Waals surface area contributed by atoms with Crippen LogP contribution in [0.15, 0.2) is 35.2 Å². The highest BCUT2D eigenvalue weighted by molar-refractivity contribution is 7.89. The number of anilines is 1. The van der Waals surface area contributed by atoms with E-state index in [9.17, 15) is 8.42 Å². The molecule has 1 atom stereocenters. The SMILES string of the molecule is CC1CCCCN1S(=O)(=O)c1ccc2nc(N3CCN(C4CCCCC4)CC3)ccc2c1. The van der Waals surface area contributed by atoms with Gasteiger partial charge in [0.2, 0.25) is 10.0 Å². The maximum atomic E-state index is 13.2. The summed E-state index contributed by atoms with van der Waals surface area (Å²) < 4.78 is 28.1. The second kappa shape index (κ2) is 9.27. The molecule has 0 amide bonds. The van der Waals surface area contributed by atoms with Crippen molar-refractivity contribution in [1.82, 2.24) is 14.2 Å². The molecule has 3 aliphatic rings. The van der Waals surface area contributed by atoms with E-state index in [2.05, 4.69) is 15.9 Å². The summed E-state index contributed by atoms with van der Waals surface area (Å²) in [6, 6.07) is 10.3. The van der Waals surface area contributed by atoms with Gasteiger partial charge in [-0.2, -0.15) is 4.31 Å². The van der Waals surface area contributed by atoms with Gasteiger partial charge in [-0.25, -0.2) is 13.4 Å². The quantitative estimate of drug-likeness (QED) is 0.688. The smallest absolute Gasteiger partial charge is 0.243 e. The van der Waals surface area contributed by atoms with E-state index >= 15 is 0 Å². The standard InChI is InChI=1S/C25H36N4O2S/c1-20-7-5-6-14-29(20)32(30,31)23-11-12-24-21(19-23)10-13-25(26-24)28-17-15-27(16-18-28)22-8-3-2-4-9-22/h10-13,19-20,22H,2-9,14-18H2,1H3. The van der Waals surface area contributed by atoms with E-state index in [-0.39, 0.29) is 6.04 Å². The molecular formula is C25H36N4O2S. The lowest BCUT2D eigenvalue weighted by molar-refractivity contribution is 0.147. The molecule has 1 saturated carbocycles. The van der Waals surface area contributed by atoms with Gasteiger partial charge in [-0.05, 0) is 62.9 Å². The molecule has 7 heteroatoms. The van der Waals surface area contributed by atoms with Crippen molar-refractivity contribution in [3.8, 4) is 0 Å². The first-order chi connectivity index (χ1) is 15.5. The Morgan fingerprint density at radius 1 is 0.844 bits per heavy atom. The molecule has 32 heavy (non-hydrogen) atoms. The summed E-state index contributed by atoms with van der Waals surface area (Å²) in [5.41, 5.74) is 0.864. The summed E-state index contributed by atoms with van der Waals surface area (Å²) in [7, 11) is -3.46. The van der Waals surface area contributed by atoms with Crippen molar-refractivity contribution >= 4 is 26.7 Å². The highest BCUT2D eigenvalue weighted by atomic mass is 32.2. The van der Waals surface area contributed by atoms with E-state index in [1.165, 1.54) is 32.1 Å². The van der Waals surface area contributed by atoms with Crippen molar-refractivity contribution in [3.05, 3.63) is 30.3 Å². The fourth-order valence-corrected chi connectivity index (χ4v) is 7.49. The van der Waals surface area contributed by atoms with E-state index in [0.29, 0.717) is 11.4 Å². The van der Waals surface area contributed by atoms with Crippen molar-refractivity contribution in [2.75, 3.05) is 37.6 Å². The van der Waals surface area contributed by atoms with Crippen LogP contribution in [0.2, 0.25) is 0 Å². The van der Waals surface area contributed by atoms with Crippen LogP contribution in [-0.2, 0) is 10.0 Å². The van der Waals surface area contributed by atoms with Crippen LogP contribution >= 0.6 is 0 Å². The van der Waals surface area contributed by atoms with Crippen LogP contribution in [0.4, 0.5) is 5.82 Å². The van der Waals surface area contributed by atoms with Crippen molar-refractivity contribution in [2.24, 2.45) is 0 Å². The molecule has 174 valence electrons. The third-order valence-corrected chi connectivity index (χ3v) is 9.73. The van der Waals surface area contributed by atoms with E-state index in [4.69, 9.17) is 4.98 Å². The predicted molar refractivity (Wildman–Crippen MR) is 130 cm³/mol. The Morgan fingerprint density at radius 2 is 1.59 bits per heavy atom. The fourth-order valence-electron chi connectivity index (χ4n) is 5.76. The van der Waals surface area contributed by atoms with E-state index < -0.39 is 10.0 Å². The van der Waals surface area contributed by atoms with Gasteiger partial charge in [-0.3, -0.25) is 4.90 Å².